The number of benzene rings is 2. The van der Waals surface area contributed by atoms with Crippen LogP contribution in [0.25, 0.3) is 0 Å². The molecule has 0 bridgehead atoms. The number of nitrogen functional groups attached to an aromatic ring is 1. The lowest BCUT2D eigenvalue weighted by molar-refractivity contribution is -0.137. The highest BCUT2D eigenvalue weighted by molar-refractivity contribution is 5.35. The Morgan fingerprint density at radius 1 is 0.969 bits per heavy atom. The van der Waals surface area contributed by atoms with Crippen molar-refractivity contribution in [3.05, 3.63) is 92.9 Å². The van der Waals surface area contributed by atoms with Crippen molar-refractivity contribution >= 4 is 5.95 Å². The van der Waals surface area contributed by atoms with Crippen molar-refractivity contribution in [2.24, 2.45) is 0 Å². The van der Waals surface area contributed by atoms with Gasteiger partial charge in [-0.3, -0.25) is 9.78 Å². The van der Waals surface area contributed by atoms with Crippen LogP contribution in [0.3, 0.4) is 0 Å². The normalized spacial score (nSPS) is 18.7. The van der Waals surface area contributed by atoms with E-state index in [9.17, 15) is 18.0 Å². The van der Waals surface area contributed by atoms with Gasteiger partial charge in [0.25, 0.3) is 5.56 Å². The molecule has 8 heteroatoms. The Balaban J connectivity index is 0.00000289. The summed E-state index contributed by atoms with van der Waals surface area (Å²) in [6, 6.07) is 15.4. The van der Waals surface area contributed by atoms with Crippen molar-refractivity contribution in [1.29, 1.82) is 0 Å². The monoisotopic (exact) mass is 445 g/mol. The summed E-state index contributed by atoms with van der Waals surface area (Å²) in [6.07, 6.45) is -0.713. The minimum absolute atomic E-state index is 0. The highest BCUT2D eigenvalue weighted by Crippen LogP contribution is 2.40. The summed E-state index contributed by atoms with van der Waals surface area (Å²) in [4.78, 5) is 19.6. The SMILES string of the molecule is Nc1nc(C2CCC(c3ccccc3)CC2)c(Cc2cccc(C(F)(F)F)c2)c(=O)[nH]1.O. The maximum atomic E-state index is 13.1. The quantitative estimate of drug-likeness (QED) is 0.614. The standard InChI is InChI=1S/C24H24F3N3O.H2O/c25-24(26,27)19-8-4-5-15(13-19)14-20-21(29-23(28)30-22(20)31)18-11-9-17(10-12-18)16-6-2-1-3-7-16;/h1-8,13,17-18H,9-12,14H2,(H3,28,29,30,31);1H2. The fraction of sp³-hybridized carbons (Fsp3) is 0.333. The highest BCUT2D eigenvalue weighted by atomic mass is 19.4. The van der Waals surface area contributed by atoms with E-state index in [0.717, 1.165) is 37.8 Å². The minimum Gasteiger partial charge on any atom is -0.412 e. The zero-order valence-electron chi connectivity index (χ0n) is 17.5. The zero-order chi connectivity index (χ0) is 22.0. The maximum Gasteiger partial charge on any atom is 0.416 e. The van der Waals surface area contributed by atoms with Crippen LogP contribution in [0.15, 0.2) is 59.4 Å². The van der Waals surface area contributed by atoms with E-state index in [4.69, 9.17) is 5.73 Å². The van der Waals surface area contributed by atoms with Crippen LogP contribution >= 0.6 is 0 Å². The number of rotatable bonds is 4. The van der Waals surface area contributed by atoms with E-state index < -0.39 is 11.7 Å². The van der Waals surface area contributed by atoms with Gasteiger partial charge in [0, 0.05) is 17.9 Å². The van der Waals surface area contributed by atoms with Gasteiger partial charge in [-0.15, -0.1) is 0 Å². The molecule has 1 aromatic heterocycles. The van der Waals surface area contributed by atoms with Crippen LogP contribution in [-0.4, -0.2) is 15.4 Å². The van der Waals surface area contributed by atoms with Crippen LogP contribution in [0.5, 0.6) is 0 Å². The number of anilines is 1. The Morgan fingerprint density at radius 3 is 2.28 bits per heavy atom. The summed E-state index contributed by atoms with van der Waals surface area (Å²) >= 11 is 0. The second-order valence-corrected chi connectivity index (χ2v) is 8.15. The number of alkyl halides is 3. The van der Waals surface area contributed by atoms with Gasteiger partial charge in [0.15, 0.2) is 0 Å². The molecule has 170 valence electrons. The van der Waals surface area contributed by atoms with Gasteiger partial charge >= 0.3 is 6.18 Å². The number of nitrogens with one attached hydrogen (secondary N) is 1. The molecule has 0 saturated heterocycles. The number of nitrogens with zero attached hydrogens (tertiary/aromatic N) is 1. The lowest BCUT2D eigenvalue weighted by Gasteiger charge is -2.29. The Kier molecular flexibility index (Phi) is 7.03. The third-order valence-corrected chi connectivity index (χ3v) is 6.09. The molecule has 0 unspecified atom stereocenters. The van der Waals surface area contributed by atoms with Gasteiger partial charge in [-0.05, 0) is 48.8 Å². The molecule has 2 aromatic carbocycles. The van der Waals surface area contributed by atoms with Crippen molar-refractivity contribution in [1.82, 2.24) is 9.97 Å². The number of H-pyrrole nitrogens is 1. The molecule has 5 nitrogen and oxygen atoms in total. The first-order chi connectivity index (χ1) is 14.8. The van der Waals surface area contributed by atoms with E-state index >= 15 is 0 Å². The van der Waals surface area contributed by atoms with Crippen molar-refractivity contribution < 1.29 is 18.6 Å². The predicted molar refractivity (Wildman–Crippen MR) is 118 cm³/mol. The minimum atomic E-state index is -4.43. The first-order valence-electron chi connectivity index (χ1n) is 10.4. The number of aromatic nitrogens is 2. The van der Waals surface area contributed by atoms with Crippen LogP contribution in [0.1, 0.15) is 65.5 Å². The van der Waals surface area contributed by atoms with Crippen LogP contribution in [0.2, 0.25) is 0 Å². The molecular weight excluding hydrogens is 419 g/mol. The van der Waals surface area contributed by atoms with Crippen LogP contribution in [0.4, 0.5) is 19.1 Å². The Hall–Kier alpha value is -3.13. The molecule has 0 radical (unpaired) electrons. The molecule has 1 fully saturated rings. The largest absolute Gasteiger partial charge is 0.416 e. The van der Waals surface area contributed by atoms with Crippen LogP contribution < -0.4 is 11.3 Å². The van der Waals surface area contributed by atoms with E-state index in [1.807, 2.05) is 18.2 Å². The maximum absolute atomic E-state index is 13.1. The number of halogens is 3. The van der Waals surface area contributed by atoms with E-state index in [1.54, 1.807) is 6.07 Å². The van der Waals surface area contributed by atoms with E-state index in [2.05, 4.69) is 22.1 Å². The number of nitrogens with two attached hydrogens (primary N) is 1. The topological polar surface area (TPSA) is 103 Å². The number of hydrogen-bond acceptors (Lipinski definition) is 3. The van der Waals surface area contributed by atoms with E-state index in [-0.39, 0.29) is 29.3 Å². The number of aromatic amines is 1. The van der Waals surface area contributed by atoms with Crippen molar-refractivity contribution in [3.8, 4) is 0 Å². The zero-order valence-corrected chi connectivity index (χ0v) is 17.5. The third-order valence-electron chi connectivity index (χ3n) is 6.09. The molecular formula is C24H26F3N3O2. The molecule has 0 spiro atoms. The van der Waals surface area contributed by atoms with Gasteiger partial charge in [-0.2, -0.15) is 13.2 Å². The second kappa shape index (κ2) is 9.56. The van der Waals surface area contributed by atoms with E-state index in [0.29, 0.717) is 22.7 Å². The second-order valence-electron chi connectivity index (χ2n) is 8.15. The fourth-order valence-corrected chi connectivity index (χ4v) is 4.53. The summed E-state index contributed by atoms with van der Waals surface area (Å²) in [6.45, 7) is 0. The summed E-state index contributed by atoms with van der Waals surface area (Å²) in [5.41, 5.74) is 7.45. The molecule has 32 heavy (non-hydrogen) atoms. The summed E-state index contributed by atoms with van der Waals surface area (Å²) in [5.74, 6) is 0.562. The summed E-state index contributed by atoms with van der Waals surface area (Å²) in [5, 5.41) is 0. The van der Waals surface area contributed by atoms with Gasteiger partial charge in [0.2, 0.25) is 5.95 Å². The van der Waals surface area contributed by atoms with Crippen LogP contribution in [-0.2, 0) is 12.6 Å². The molecule has 0 atom stereocenters. The average molecular weight is 445 g/mol. The molecule has 1 aliphatic rings. The molecule has 4 rings (SSSR count). The molecule has 0 aliphatic heterocycles. The molecule has 1 heterocycles. The van der Waals surface area contributed by atoms with Gasteiger partial charge in [0.05, 0.1) is 11.3 Å². The van der Waals surface area contributed by atoms with E-state index in [1.165, 1.54) is 11.6 Å². The smallest absolute Gasteiger partial charge is 0.412 e. The molecule has 0 amide bonds. The Morgan fingerprint density at radius 2 is 1.62 bits per heavy atom. The highest BCUT2D eigenvalue weighted by Gasteiger charge is 2.31. The van der Waals surface area contributed by atoms with Crippen LogP contribution in [0, 0.1) is 0 Å². The first-order valence-corrected chi connectivity index (χ1v) is 10.4. The molecule has 1 aliphatic carbocycles. The van der Waals surface area contributed by atoms with Gasteiger partial charge < -0.3 is 11.2 Å². The molecule has 3 aromatic rings. The Bertz CT molecular complexity index is 1110. The van der Waals surface area contributed by atoms with Gasteiger partial charge in [0.1, 0.15) is 0 Å². The number of hydrogen-bond donors (Lipinski definition) is 2. The summed E-state index contributed by atoms with van der Waals surface area (Å²) < 4.78 is 39.3. The fourth-order valence-electron chi connectivity index (χ4n) is 4.53. The summed E-state index contributed by atoms with van der Waals surface area (Å²) in [7, 11) is 0. The van der Waals surface area contributed by atoms with Crippen molar-refractivity contribution in [3.63, 3.8) is 0 Å². The van der Waals surface area contributed by atoms with Crippen molar-refractivity contribution in [2.45, 2.75) is 50.1 Å². The van der Waals surface area contributed by atoms with Gasteiger partial charge in [-0.25, -0.2) is 4.98 Å². The Labute approximate surface area is 183 Å². The third kappa shape index (κ3) is 5.19. The lowest BCUT2D eigenvalue weighted by atomic mass is 9.76. The van der Waals surface area contributed by atoms with Gasteiger partial charge in [-0.1, -0.05) is 48.5 Å². The molecule has 5 N–H and O–H groups in total. The first kappa shape index (κ1) is 23.5. The van der Waals surface area contributed by atoms with Crippen molar-refractivity contribution in [2.75, 3.05) is 5.73 Å². The average Bonchev–Trinajstić information content (AvgIpc) is 2.76. The predicted octanol–water partition coefficient (Wildman–Crippen LogP) is 4.58. The lowest BCUT2D eigenvalue weighted by Crippen LogP contribution is -2.24. The molecule has 1 saturated carbocycles.